The van der Waals surface area contributed by atoms with E-state index in [0.717, 1.165) is 11.3 Å². The van der Waals surface area contributed by atoms with Gasteiger partial charge in [0.1, 0.15) is 5.75 Å². The summed E-state index contributed by atoms with van der Waals surface area (Å²) in [5.74, 6) is 0.179. The zero-order valence-electron chi connectivity index (χ0n) is 14.0. The lowest BCUT2D eigenvalue weighted by molar-refractivity contribution is 0.0600. The lowest BCUT2D eigenvalue weighted by Crippen LogP contribution is -2.22. The van der Waals surface area contributed by atoms with E-state index in [9.17, 15) is 9.59 Å². The van der Waals surface area contributed by atoms with Crippen LogP contribution in [0.3, 0.4) is 0 Å². The van der Waals surface area contributed by atoms with Gasteiger partial charge in [-0.1, -0.05) is 12.1 Å². The molecule has 0 aromatic heterocycles. The van der Waals surface area contributed by atoms with Gasteiger partial charge in [-0.25, -0.2) is 4.79 Å². The minimum Gasteiger partial charge on any atom is -0.491 e. The van der Waals surface area contributed by atoms with Crippen LogP contribution in [0.5, 0.6) is 5.75 Å². The van der Waals surface area contributed by atoms with Crippen molar-refractivity contribution in [3.05, 3.63) is 65.2 Å². The summed E-state index contributed by atoms with van der Waals surface area (Å²) in [5, 5.41) is 2.84. The first kappa shape index (κ1) is 17.5. The average molecular weight is 327 g/mol. The summed E-state index contributed by atoms with van der Waals surface area (Å²) >= 11 is 0. The van der Waals surface area contributed by atoms with Gasteiger partial charge in [0, 0.05) is 12.1 Å². The van der Waals surface area contributed by atoms with Crippen molar-refractivity contribution >= 4 is 11.9 Å². The second-order valence-corrected chi connectivity index (χ2v) is 5.56. The molecule has 0 aliphatic heterocycles. The van der Waals surface area contributed by atoms with E-state index in [1.807, 2.05) is 38.1 Å². The summed E-state index contributed by atoms with van der Waals surface area (Å²) in [4.78, 5) is 23.5. The zero-order chi connectivity index (χ0) is 17.5. The highest BCUT2D eigenvalue weighted by Crippen LogP contribution is 2.14. The molecule has 0 spiro atoms. The van der Waals surface area contributed by atoms with E-state index in [1.54, 1.807) is 24.3 Å². The summed E-state index contributed by atoms with van der Waals surface area (Å²) < 4.78 is 10.2. The normalized spacial score (nSPS) is 10.3. The number of methoxy groups -OCH3 is 1. The average Bonchev–Trinajstić information content (AvgIpc) is 2.60. The smallest absolute Gasteiger partial charge is 0.337 e. The topological polar surface area (TPSA) is 64.6 Å². The maximum Gasteiger partial charge on any atom is 0.337 e. The van der Waals surface area contributed by atoms with Gasteiger partial charge in [0.05, 0.1) is 18.8 Å². The number of carbonyl (C=O) groups is 2. The van der Waals surface area contributed by atoms with Gasteiger partial charge in [0.15, 0.2) is 0 Å². The highest BCUT2D eigenvalue weighted by Gasteiger charge is 2.09. The fourth-order valence-electron chi connectivity index (χ4n) is 2.12. The fraction of sp³-hybridized carbons (Fsp3) is 0.263. The van der Waals surface area contributed by atoms with Gasteiger partial charge in [-0.2, -0.15) is 0 Å². The highest BCUT2D eigenvalue weighted by molar-refractivity contribution is 5.96. The molecule has 0 aliphatic carbocycles. The van der Waals surface area contributed by atoms with Crippen molar-refractivity contribution in [3.8, 4) is 5.75 Å². The van der Waals surface area contributed by atoms with Crippen LogP contribution in [0.25, 0.3) is 0 Å². The van der Waals surface area contributed by atoms with E-state index in [2.05, 4.69) is 10.1 Å². The molecule has 0 atom stereocenters. The number of carbonyl (C=O) groups excluding carboxylic acids is 2. The standard InChI is InChI=1S/C19H21NO4/c1-13(2)24-17-10-4-14(5-11-17)12-20-18(21)15-6-8-16(9-7-15)19(22)23-3/h4-11,13H,12H2,1-3H3,(H,20,21). The Morgan fingerprint density at radius 1 is 0.958 bits per heavy atom. The minimum absolute atomic E-state index is 0.128. The molecule has 0 heterocycles. The molecule has 1 amide bonds. The number of ether oxygens (including phenoxy) is 2. The van der Waals surface area contributed by atoms with Crippen molar-refractivity contribution < 1.29 is 19.1 Å². The summed E-state index contributed by atoms with van der Waals surface area (Å²) in [6.07, 6.45) is 0.128. The lowest BCUT2D eigenvalue weighted by atomic mass is 10.1. The van der Waals surface area contributed by atoms with Crippen LogP contribution in [-0.2, 0) is 11.3 Å². The second-order valence-electron chi connectivity index (χ2n) is 5.56. The molecule has 0 fully saturated rings. The monoisotopic (exact) mass is 327 g/mol. The van der Waals surface area contributed by atoms with Crippen molar-refractivity contribution in [3.63, 3.8) is 0 Å². The van der Waals surface area contributed by atoms with Crippen LogP contribution in [0, 0.1) is 0 Å². The summed E-state index contributed by atoms with van der Waals surface area (Å²) in [7, 11) is 1.32. The molecule has 24 heavy (non-hydrogen) atoms. The number of nitrogens with one attached hydrogen (secondary N) is 1. The van der Waals surface area contributed by atoms with E-state index in [4.69, 9.17) is 4.74 Å². The van der Waals surface area contributed by atoms with E-state index >= 15 is 0 Å². The molecule has 0 saturated carbocycles. The Labute approximate surface area is 141 Å². The molecule has 2 rings (SSSR count). The zero-order valence-corrected chi connectivity index (χ0v) is 14.0. The predicted octanol–water partition coefficient (Wildman–Crippen LogP) is 3.19. The fourth-order valence-corrected chi connectivity index (χ4v) is 2.12. The molecule has 0 saturated heterocycles. The quantitative estimate of drug-likeness (QED) is 0.828. The Bertz CT molecular complexity index is 690. The summed E-state index contributed by atoms with van der Waals surface area (Å²) in [5.41, 5.74) is 1.88. The second kappa shape index (κ2) is 8.15. The third kappa shape index (κ3) is 4.84. The van der Waals surface area contributed by atoms with Gasteiger partial charge < -0.3 is 14.8 Å². The van der Waals surface area contributed by atoms with Crippen LogP contribution in [0.15, 0.2) is 48.5 Å². The Kier molecular flexibility index (Phi) is 5.95. The molecule has 5 heteroatoms. The Balaban J connectivity index is 1.91. The SMILES string of the molecule is COC(=O)c1ccc(C(=O)NCc2ccc(OC(C)C)cc2)cc1. The van der Waals surface area contributed by atoms with Gasteiger partial charge in [-0.15, -0.1) is 0 Å². The van der Waals surface area contributed by atoms with Crippen molar-refractivity contribution in [1.29, 1.82) is 0 Å². The molecule has 0 radical (unpaired) electrons. The molecule has 0 aliphatic rings. The number of benzene rings is 2. The first-order valence-corrected chi connectivity index (χ1v) is 7.71. The molecular formula is C19H21NO4. The van der Waals surface area contributed by atoms with Crippen LogP contribution < -0.4 is 10.1 Å². The van der Waals surface area contributed by atoms with Crippen molar-refractivity contribution in [2.45, 2.75) is 26.5 Å². The van der Waals surface area contributed by atoms with Crippen LogP contribution >= 0.6 is 0 Å². The molecule has 1 N–H and O–H groups in total. The Morgan fingerprint density at radius 3 is 2.08 bits per heavy atom. The van der Waals surface area contributed by atoms with Crippen molar-refractivity contribution in [2.75, 3.05) is 7.11 Å². The number of amides is 1. The maximum absolute atomic E-state index is 12.1. The highest BCUT2D eigenvalue weighted by atomic mass is 16.5. The van der Waals surface area contributed by atoms with Crippen LogP contribution in [-0.4, -0.2) is 25.1 Å². The van der Waals surface area contributed by atoms with Crippen LogP contribution in [0.4, 0.5) is 0 Å². The number of hydrogen-bond donors (Lipinski definition) is 1. The van der Waals surface area contributed by atoms with E-state index < -0.39 is 5.97 Å². The van der Waals surface area contributed by atoms with Crippen LogP contribution in [0.2, 0.25) is 0 Å². The van der Waals surface area contributed by atoms with Gasteiger partial charge in [0.25, 0.3) is 5.91 Å². The van der Waals surface area contributed by atoms with Gasteiger partial charge in [-0.05, 0) is 55.8 Å². The first-order chi connectivity index (χ1) is 11.5. The van der Waals surface area contributed by atoms with Crippen LogP contribution in [0.1, 0.15) is 40.1 Å². The number of esters is 1. The van der Waals surface area contributed by atoms with E-state index in [0.29, 0.717) is 17.7 Å². The van der Waals surface area contributed by atoms with E-state index in [-0.39, 0.29) is 12.0 Å². The summed E-state index contributed by atoms with van der Waals surface area (Å²) in [6, 6.07) is 13.9. The lowest BCUT2D eigenvalue weighted by Gasteiger charge is -2.10. The van der Waals surface area contributed by atoms with Gasteiger partial charge in [-0.3, -0.25) is 4.79 Å². The van der Waals surface area contributed by atoms with Crippen molar-refractivity contribution in [2.24, 2.45) is 0 Å². The Hall–Kier alpha value is -2.82. The molecule has 126 valence electrons. The molecular weight excluding hydrogens is 306 g/mol. The van der Waals surface area contributed by atoms with Gasteiger partial charge in [0.2, 0.25) is 0 Å². The van der Waals surface area contributed by atoms with Gasteiger partial charge >= 0.3 is 5.97 Å². The molecule has 0 unspecified atom stereocenters. The molecule has 2 aromatic rings. The molecule has 2 aromatic carbocycles. The maximum atomic E-state index is 12.1. The van der Waals surface area contributed by atoms with Crippen molar-refractivity contribution in [1.82, 2.24) is 5.32 Å². The predicted molar refractivity (Wildman–Crippen MR) is 91.2 cm³/mol. The first-order valence-electron chi connectivity index (χ1n) is 7.71. The number of hydrogen-bond acceptors (Lipinski definition) is 4. The largest absolute Gasteiger partial charge is 0.491 e. The summed E-state index contributed by atoms with van der Waals surface area (Å²) in [6.45, 7) is 4.36. The molecule has 0 bridgehead atoms. The molecule has 5 nitrogen and oxygen atoms in total. The third-order valence-electron chi connectivity index (χ3n) is 3.32. The minimum atomic E-state index is -0.425. The number of rotatable bonds is 6. The van der Waals surface area contributed by atoms with E-state index in [1.165, 1.54) is 7.11 Å². The Morgan fingerprint density at radius 2 is 1.54 bits per heavy atom. The third-order valence-corrected chi connectivity index (χ3v) is 3.32.